The molecule has 2 aliphatic rings. The van der Waals surface area contributed by atoms with E-state index in [2.05, 4.69) is 9.89 Å². The molecule has 2 heterocycles. The van der Waals surface area contributed by atoms with Crippen molar-refractivity contribution < 1.29 is 9.53 Å². The van der Waals surface area contributed by atoms with Crippen LogP contribution in [0.5, 0.6) is 0 Å². The van der Waals surface area contributed by atoms with E-state index in [9.17, 15) is 4.79 Å². The van der Waals surface area contributed by atoms with Gasteiger partial charge in [0.05, 0.1) is 19.1 Å². The number of aliphatic imine (C=N–C) groups is 1. The second-order valence-electron chi connectivity index (χ2n) is 4.05. The Morgan fingerprint density at radius 1 is 1.69 bits per heavy atom. The quantitative estimate of drug-likeness (QED) is 0.686. The van der Waals surface area contributed by atoms with Gasteiger partial charge in [0.2, 0.25) is 0 Å². The van der Waals surface area contributed by atoms with Crippen LogP contribution in [0, 0.1) is 5.92 Å². The zero-order chi connectivity index (χ0) is 11.4. The Kier molecular flexibility index (Phi) is 4.09. The number of ether oxygens (including phenoxy) is 1. The molecule has 0 amide bonds. The lowest BCUT2D eigenvalue weighted by Crippen LogP contribution is -2.41. The molecule has 0 bridgehead atoms. The lowest BCUT2D eigenvalue weighted by molar-refractivity contribution is -0.149. The van der Waals surface area contributed by atoms with Gasteiger partial charge in [0.1, 0.15) is 0 Å². The van der Waals surface area contributed by atoms with E-state index in [4.69, 9.17) is 4.74 Å². The van der Waals surface area contributed by atoms with Crippen LogP contribution in [0.15, 0.2) is 4.99 Å². The third kappa shape index (κ3) is 2.70. The molecule has 0 saturated carbocycles. The Balaban J connectivity index is 1.90. The Hall–Kier alpha value is -0.710. The highest BCUT2D eigenvalue weighted by Crippen LogP contribution is 2.23. The van der Waals surface area contributed by atoms with Gasteiger partial charge >= 0.3 is 5.97 Å². The number of thioether (sulfide) groups is 1. The summed E-state index contributed by atoms with van der Waals surface area (Å²) in [6, 6.07) is 0. The van der Waals surface area contributed by atoms with Crippen molar-refractivity contribution in [2.24, 2.45) is 10.9 Å². The topological polar surface area (TPSA) is 41.9 Å². The van der Waals surface area contributed by atoms with E-state index in [0.29, 0.717) is 6.61 Å². The summed E-state index contributed by atoms with van der Waals surface area (Å²) in [6.45, 7) is 5.06. The monoisotopic (exact) mass is 242 g/mol. The second kappa shape index (κ2) is 5.57. The van der Waals surface area contributed by atoms with E-state index < -0.39 is 0 Å². The number of esters is 1. The van der Waals surface area contributed by atoms with Crippen LogP contribution in [-0.2, 0) is 9.53 Å². The molecule has 0 aromatic heterocycles. The number of carbonyl (C=O) groups excluding carboxylic acids is 1. The summed E-state index contributed by atoms with van der Waals surface area (Å²) in [5.41, 5.74) is 0. The van der Waals surface area contributed by atoms with Crippen molar-refractivity contribution in [2.75, 3.05) is 32.0 Å². The van der Waals surface area contributed by atoms with Crippen molar-refractivity contribution in [3.05, 3.63) is 0 Å². The molecule has 0 aromatic rings. The summed E-state index contributed by atoms with van der Waals surface area (Å²) >= 11 is 1.80. The van der Waals surface area contributed by atoms with Gasteiger partial charge < -0.3 is 9.64 Å². The van der Waals surface area contributed by atoms with Gasteiger partial charge in [-0.2, -0.15) is 0 Å². The fourth-order valence-corrected chi connectivity index (χ4v) is 3.01. The van der Waals surface area contributed by atoms with Crippen LogP contribution in [0.25, 0.3) is 0 Å². The fraction of sp³-hybridized carbons (Fsp3) is 0.818. The maximum atomic E-state index is 11.7. The van der Waals surface area contributed by atoms with Crippen LogP contribution in [0.1, 0.15) is 19.8 Å². The van der Waals surface area contributed by atoms with Crippen molar-refractivity contribution in [3.63, 3.8) is 0 Å². The Morgan fingerprint density at radius 2 is 2.56 bits per heavy atom. The van der Waals surface area contributed by atoms with Crippen LogP contribution in [0.4, 0.5) is 0 Å². The molecule has 2 rings (SSSR count). The van der Waals surface area contributed by atoms with Gasteiger partial charge in [0.25, 0.3) is 0 Å². The van der Waals surface area contributed by atoms with E-state index in [-0.39, 0.29) is 11.9 Å². The van der Waals surface area contributed by atoms with Crippen molar-refractivity contribution in [1.29, 1.82) is 0 Å². The van der Waals surface area contributed by atoms with Gasteiger partial charge in [-0.3, -0.25) is 9.79 Å². The highest BCUT2D eigenvalue weighted by atomic mass is 32.2. The Bertz CT molecular complexity index is 294. The summed E-state index contributed by atoms with van der Waals surface area (Å²) < 4.78 is 5.08. The van der Waals surface area contributed by atoms with Gasteiger partial charge in [0, 0.05) is 18.8 Å². The zero-order valence-electron chi connectivity index (χ0n) is 9.65. The number of hydrogen-bond donors (Lipinski definition) is 0. The molecule has 0 unspecified atom stereocenters. The molecule has 0 radical (unpaired) electrons. The van der Waals surface area contributed by atoms with E-state index in [0.717, 1.165) is 43.4 Å². The van der Waals surface area contributed by atoms with Crippen LogP contribution in [0.2, 0.25) is 0 Å². The lowest BCUT2D eigenvalue weighted by Gasteiger charge is -2.32. The number of hydrogen-bond acceptors (Lipinski definition) is 5. The number of nitrogens with zero attached hydrogens (tertiary/aromatic N) is 2. The molecule has 4 nitrogen and oxygen atoms in total. The molecule has 16 heavy (non-hydrogen) atoms. The van der Waals surface area contributed by atoms with E-state index in [1.807, 2.05) is 6.92 Å². The molecule has 0 spiro atoms. The molecule has 5 heteroatoms. The van der Waals surface area contributed by atoms with Crippen molar-refractivity contribution in [2.45, 2.75) is 19.8 Å². The second-order valence-corrected chi connectivity index (χ2v) is 5.11. The maximum absolute atomic E-state index is 11.7. The van der Waals surface area contributed by atoms with Gasteiger partial charge in [-0.1, -0.05) is 11.8 Å². The molecule has 90 valence electrons. The van der Waals surface area contributed by atoms with Crippen LogP contribution < -0.4 is 0 Å². The summed E-state index contributed by atoms with van der Waals surface area (Å²) in [7, 11) is 0. The highest BCUT2D eigenvalue weighted by molar-refractivity contribution is 8.14. The normalized spacial score (nSPS) is 25.4. The van der Waals surface area contributed by atoms with Gasteiger partial charge in [-0.25, -0.2) is 0 Å². The first-order chi connectivity index (χ1) is 7.81. The SMILES string of the molecule is CCOC(=O)[C@@H]1CCCN(C2=NCCS2)C1. The van der Waals surface area contributed by atoms with Crippen LogP contribution in [0.3, 0.4) is 0 Å². The van der Waals surface area contributed by atoms with E-state index >= 15 is 0 Å². The van der Waals surface area contributed by atoms with E-state index in [1.54, 1.807) is 11.8 Å². The summed E-state index contributed by atoms with van der Waals surface area (Å²) in [5, 5.41) is 1.12. The van der Waals surface area contributed by atoms with Crippen molar-refractivity contribution in [1.82, 2.24) is 4.90 Å². The number of amidine groups is 1. The standard InChI is InChI=1S/C11H18N2O2S/c1-2-15-10(14)9-4-3-6-13(8-9)11-12-5-7-16-11/h9H,2-8H2,1H3/t9-/m1/s1. The Morgan fingerprint density at radius 3 is 3.25 bits per heavy atom. The summed E-state index contributed by atoms with van der Waals surface area (Å²) in [6.07, 6.45) is 2.01. The smallest absolute Gasteiger partial charge is 0.310 e. The molecular formula is C11H18N2O2S. The summed E-state index contributed by atoms with van der Waals surface area (Å²) in [4.78, 5) is 18.4. The average molecular weight is 242 g/mol. The zero-order valence-corrected chi connectivity index (χ0v) is 10.5. The molecule has 0 N–H and O–H groups in total. The summed E-state index contributed by atoms with van der Waals surface area (Å²) in [5.74, 6) is 1.07. The van der Waals surface area contributed by atoms with Crippen LogP contribution >= 0.6 is 11.8 Å². The highest BCUT2D eigenvalue weighted by Gasteiger charge is 2.29. The first kappa shape index (κ1) is 11.8. The molecule has 0 aliphatic carbocycles. The molecule has 1 atom stereocenters. The third-order valence-electron chi connectivity index (χ3n) is 2.88. The van der Waals surface area contributed by atoms with Crippen molar-refractivity contribution in [3.8, 4) is 0 Å². The first-order valence-corrected chi connectivity index (χ1v) is 6.88. The number of piperidine rings is 1. The molecule has 1 fully saturated rings. The van der Waals surface area contributed by atoms with Gasteiger partial charge in [-0.15, -0.1) is 0 Å². The number of carbonyl (C=O) groups is 1. The molecule has 2 aliphatic heterocycles. The number of rotatable bonds is 2. The predicted octanol–water partition coefficient (Wildman–Crippen LogP) is 1.36. The minimum Gasteiger partial charge on any atom is -0.466 e. The predicted molar refractivity (Wildman–Crippen MR) is 65.7 cm³/mol. The third-order valence-corrected chi connectivity index (χ3v) is 3.91. The largest absolute Gasteiger partial charge is 0.466 e. The fourth-order valence-electron chi connectivity index (χ4n) is 2.12. The van der Waals surface area contributed by atoms with Gasteiger partial charge in [0.15, 0.2) is 5.17 Å². The lowest BCUT2D eigenvalue weighted by atomic mass is 9.99. The van der Waals surface area contributed by atoms with E-state index in [1.165, 1.54) is 0 Å². The maximum Gasteiger partial charge on any atom is 0.310 e. The molecule has 0 aromatic carbocycles. The minimum atomic E-state index is -0.0456. The van der Waals surface area contributed by atoms with Crippen LogP contribution in [-0.4, -0.2) is 48.0 Å². The minimum absolute atomic E-state index is 0.0394. The van der Waals surface area contributed by atoms with Gasteiger partial charge in [-0.05, 0) is 19.8 Å². The first-order valence-electron chi connectivity index (χ1n) is 5.90. The molecular weight excluding hydrogens is 224 g/mol. The molecule has 1 saturated heterocycles. The Labute approximate surface area is 100 Å². The average Bonchev–Trinajstić information content (AvgIpc) is 2.83. The number of likely N-dealkylation sites (tertiary alicyclic amines) is 1. The van der Waals surface area contributed by atoms with Crippen molar-refractivity contribution >= 4 is 22.9 Å².